The van der Waals surface area contributed by atoms with E-state index in [0.717, 1.165) is 5.56 Å². The number of halogens is 1. The molecule has 0 aliphatic rings. The molecule has 3 rings (SSSR count). The van der Waals surface area contributed by atoms with E-state index in [2.05, 4.69) is 20.3 Å². The van der Waals surface area contributed by atoms with Gasteiger partial charge in [-0.25, -0.2) is 19.3 Å². The van der Waals surface area contributed by atoms with Crippen molar-refractivity contribution >= 4 is 28.5 Å². The molecule has 0 saturated carbocycles. The third-order valence-electron chi connectivity index (χ3n) is 2.86. The summed E-state index contributed by atoms with van der Waals surface area (Å²) in [6.45, 7) is 0. The maximum Gasteiger partial charge on any atom is 0.250 e. The van der Waals surface area contributed by atoms with Gasteiger partial charge in [-0.2, -0.15) is 0 Å². The lowest BCUT2D eigenvalue weighted by molar-refractivity contribution is -0.111. The molecule has 23 heavy (non-hydrogen) atoms. The van der Waals surface area contributed by atoms with Crippen LogP contribution in [0, 0.1) is 5.82 Å². The Bertz CT molecular complexity index is 814. The lowest BCUT2D eigenvalue weighted by Gasteiger charge is -2.00. The molecular weight excluding hydrogens is 315 g/mol. The molecule has 0 atom stereocenters. The minimum absolute atomic E-state index is 0.275. The third-order valence-corrected chi connectivity index (χ3v) is 3.55. The van der Waals surface area contributed by atoms with E-state index in [0.29, 0.717) is 16.5 Å². The first kappa shape index (κ1) is 15.0. The molecule has 0 bridgehead atoms. The van der Waals surface area contributed by atoms with Gasteiger partial charge in [-0.15, -0.1) is 11.3 Å². The smallest absolute Gasteiger partial charge is 0.250 e. The number of rotatable bonds is 4. The van der Waals surface area contributed by atoms with Crippen molar-refractivity contribution < 1.29 is 9.18 Å². The van der Waals surface area contributed by atoms with Crippen LogP contribution in [0.5, 0.6) is 0 Å². The van der Waals surface area contributed by atoms with Gasteiger partial charge in [-0.05, 0) is 30.3 Å². The van der Waals surface area contributed by atoms with Gasteiger partial charge in [0.2, 0.25) is 5.91 Å². The largest absolute Gasteiger partial charge is 0.298 e. The fraction of sp³-hybridized carbons (Fsp3) is 0. The highest BCUT2D eigenvalue weighted by Crippen LogP contribution is 2.15. The highest BCUT2D eigenvalue weighted by atomic mass is 32.1. The van der Waals surface area contributed by atoms with Crippen molar-refractivity contribution in [3.63, 3.8) is 0 Å². The van der Waals surface area contributed by atoms with Crippen LogP contribution in [0.25, 0.3) is 17.5 Å². The van der Waals surface area contributed by atoms with E-state index in [4.69, 9.17) is 0 Å². The van der Waals surface area contributed by atoms with Crippen LogP contribution in [0.1, 0.15) is 5.56 Å². The summed E-state index contributed by atoms with van der Waals surface area (Å²) in [6.07, 6.45) is 7.80. The average Bonchev–Trinajstić information content (AvgIpc) is 3.07. The van der Waals surface area contributed by atoms with Crippen molar-refractivity contribution in [2.75, 3.05) is 5.32 Å². The highest BCUT2D eigenvalue weighted by Gasteiger charge is 2.02. The van der Waals surface area contributed by atoms with Gasteiger partial charge < -0.3 is 0 Å². The number of carbonyl (C=O) groups excluding carboxylic acids is 1. The standard InChI is InChI=1S/C16H11FN4OS/c17-13-4-2-12(3-5-13)15-19-9-11(10-20-15)1-6-14(22)21-16-18-7-8-23-16/h1-10H,(H,18,21,22). The molecule has 7 heteroatoms. The first-order valence-corrected chi connectivity index (χ1v) is 7.55. The van der Waals surface area contributed by atoms with Gasteiger partial charge in [0.1, 0.15) is 5.82 Å². The van der Waals surface area contributed by atoms with Gasteiger partial charge in [0, 0.05) is 41.2 Å². The zero-order chi connectivity index (χ0) is 16.1. The van der Waals surface area contributed by atoms with Crippen LogP contribution in [0.2, 0.25) is 0 Å². The molecule has 0 unspecified atom stereocenters. The van der Waals surface area contributed by atoms with Gasteiger partial charge >= 0.3 is 0 Å². The summed E-state index contributed by atoms with van der Waals surface area (Å²) in [7, 11) is 0. The van der Waals surface area contributed by atoms with Gasteiger partial charge in [-0.3, -0.25) is 10.1 Å². The Kier molecular flexibility index (Phi) is 4.49. The lowest BCUT2D eigenvalue weighted by Crippen LogP contribution is -2.07. The normalized spacial score (nSPS) is 10.8. The molecule has 0 aliphatic carbocycles. The SMILES string of the molecule is O=C(C=Cc1cnc(-c2ccc(F)cc2)nc1)Nc1nccs1. The van der Waals surface area contributed by atoms with Crippen LogP contribution in [0.15, 0.2) is 54.3 Å². The molecule has 0 radical (unpaired) electrons. The Morgan fingerprint density at radius 3 is 2.52 bits per heavy atom. The molecule has 1 N–H and O–H groups in total. The second-order valence-corrected chi connectivity index (χ2v) is 5.40. The summed E-state index contributed by atoms with van der Waals surface area (Å²) in [5, 5.41) is 4.96. The molecule has 1 amide bonds. The maximum absolute atomic E-state index is 12.9. The summed E-state index contributed by atoms with van der Waals surface area (Å²) in [5.74, 6) is -0.0866. The highest BCUT2D eigenvalue weighted by molar-refractivity contribution is 7.13. The molecule has 2 heterocycles. The Morgan fingerprint density at radius 2 is 1.87 bits per heavy atom. The number of carbonyl (C=O) groups is 1. The third kappa shape index (κ3) is 4.04. The van der Waals surface area contributed by atoms with Crippen molar-refractivity contribution in [3.8, 4) is 11.4 Å². The summed E-state index contributed by atoms with van der Waals surface area (Å²) < 4.78 is 12.9. The van der Waals surface area contributed by atoms with E-state index < -0.39 is 0 Å². The molecule has 1 aromatic carbocycles. The van der Waals surface area contributed by atoms with Crippen LogP contribution < -0.4 is 5.32 Å². The molecule has 0 aliphatic heterocycles. The van der Waals surface area contributed by atoms with Crippen molar-refractivity contribution in [2.24, 2.45) is 0 Å². The van der Waals surface area contributed by atoms with Gasteiger partial charge in [0.15, 0.2) is 11.0 Å². The van der Waals surface area contributed by atoms with E-state index in [1.54, 1.807) is 42.2 Å². The molecule has 0 spiro atoms. The fourth-order valence-corrected chi connectivity index (χ4v) is 2.31. The number of aromatic nitrogens is 3. The second-order valence-electron chi connectivity index (χ2n) is 4.51. The summed E-state index contributed by atoms with van der Waals surface area (Å²) in [5.41, 5.74) is 1.41. The van der Waals surface area contributed by atoms with E-state index in [1.165, 1.54) is 29.5 Å². The predicted octanol–water partition coefficient (Wildman–Crippen LogP) is 3.39. The van der Waals surface area contributed by atoms with Gasteiger partial charge in [-0.1, -0.05) is 0 Å². The summed E-state index contributed by atoms with van der Waals surface area (Å²) >= 11 is 1.35. The number of nitrogens with one attached hydrogen (secondary N) is 1. The lowest BCUT2D eigenvalue weighted by atomic mass is 10.2. The van der Waals surface area contributed by atoms with E-state index in [9.17, 15) is 9.18 Å². The topological polar surface area (TPSA) is 67.8 Å². The van der Waals surface area contributed by atoms with Crippen LogP contribution >= 0.6 is 11.3 Å². The Labute approximate surface area is 135 Å². The van der Waals surface area contributed by atoms with Crippen molar-refractivity contribution in [2.45, 2.75) is 0 Å². The monoisotopic (exact) mass is 326 g/mol. The molecule has 2 aromatic heterocycles. The van der Waals surface area contributed by atoms with E-state index >= 15 is 0 Å². The second kappa shape index (κ2) is 6.89. The minimum Gasteiger partial charge on any atom is -0.298 e. The Morgan fingerprint density at radius 1 is 1.13 bits per heavy atom. The number of benzene rings is 1. The number of nitrogens with zero attached hydrogens (tertiary/aromatic N) is 3. The van der Waals surface area contributed by atoms with Crippen molar-refractivity contribution in [3.05, 3.63) is 65.7 Å². The van der Waals surface area contributed by atoms with E-state index in [-0.39, 0.29) is 11.7 Å². The van der Waals surface area contributed by atoms with E-state index in [1.807, 2.05) is 0 Å². The number of hydrogen-bond donors (Lipinski definition) is 1. The van der Waals surface area contributed by atoms with Crippen molar-refractivity contribution in [1.29, 1.82) is 0 Å². The molecule has 3 aromatic rings. The summed E-state index contributed by atoms with van der Waals surface area (Å²) in [4.78, 5) is 24.1. The molecule has 5 nitrogen and oxygen atoms in total. The van der Waals surface area contributed by atoms with Gasteiger partial charge in [0.05, 0.1) is 0 Å². The Balaban J connectivity index is 1.66. The predicted molar refractivity (Wildman–Crippen MR) is 87.2 cm³/mol. The number of amides is 1. The van der Waals surface area contributed by atoms with Crippen LogP contribution in [-0.2, 0) is 4.79 Å². The zero-order valence-corrected chi connectivity index (χ0v) is 12.6. The number of hydrogen-bond acceptors (Lipinski definition) is 5. The minimum atomic E-state index is -0.306. The average molecular weight is 326 g/mol. The van der Waals surface area contributed by atoms with Crippen LogP contribution in [-0.4, -0.2) is 20.9 Å². The Hall–Kier alpha value is -2.93. The quantitative estimate of drug-likeness (QED) is 0.746. The molecule has 0 saturated heterocycles. The molecular formula is C16H11FN4OS. The first-order chi connectivity index (χ1) is 11.2. The van der Waals surface area contributed by atoms with Gasteiger partial charge in [0.25, 0.3) is 0 Å². The first-order valence-electron chi connectivity index (χ1n) is 6.67. The number of anilines is 1. The van der Waals surface area contributed by atoms with Crippen molar-refractivity contribution in [1.82, 2.24) is 15.0 Å². The molecule has 0 fully saturated rings. The fourth-order valence-electron chi connectivity index (χ4n) is 1.78. The maximum atomic E-state index is 12.9. The summed E-state index contributed by atoms with van der Waals surface area (Å²) in [6, 6.07) is 5.94. The van der Waals surface area contributed by atoms with Crippen LogP contribution in [0.3, 0.4) is 0 Å². The zero-order valence-electron chi connectivity index (χ0n) is 11.8. The molecule has 114 valence electrons. The number of thiazole rings is 1. The van der Waals surface area contributed by atoms with Crippen LogP contribution in [0.4, 0.5) is 9.52 Å².